The van der Waals surface area contributed by atoms with Gasteiger partial charge in [-0.25, -0.2) is 4.79 Å². The number of methoxy groups -OCH3 is 1. The number of amides is 3. The van der Waals surface area contributed by atoms with Crippen molar-refractivity contribution in [2.24, 2.45) is 5.92 Å². The fraction of sp³-hybridized carbons (Fsp3) is 0.467. The van der Waals surface area contributed by atoms with Gasteiger partial charge in [-0.1, -0.05) is 6.07 Å². The summed E-state index contributed by atoms with van der Waals surface area (Å²) in [6.45, 7) is 2.99. The number of aryl methyl sites for hydroxylation is 1. The summed E-state index contributed by atoms with van der Waals surface area (Å²) in [5, 5.41) is 5.46. The molecule has 1 heterocycles. The molecule has 0 saturated carbocycles. The Labute approximate surface area is 124 Å². The number of ether oxygens (including phenoxy) is 1. The molecule has 0 radical (unpaired) electrons. The van der Waals surface area contributed by atoms with Gasteiger partial charge in [0.15, 0.2) is 0 Å². The first-order valence-corrected chi connectivity index (χ1v) is 6.97. The lowest BCUT2D eigenvalue weighted by molar-refractivity contribution is -0.124. The van der Waals surface area contributed by atoms with Gasteiger partial charge in [-0.05, 0) is 25.0 Å². The summed E-state index contributed by atoms with van der Waals surface area (Å²) in [6, 6.07) is 5.33. The highest BCUT2D eigenvalue weighted by Crippen LogP contribution is 2.23. The Morgan fingerprint density at radius 2 is 2.14 bits per heavy atom. The van der Waals surface area contributed by atoms with E-state index in [4.69, 9.17) is 4.74 Å². The molecule has 0 aliphatic carbocycles. The second-order valence-corrected chi connectivity index (χ2v) is 5.16. The lowest BCUT2D eigenvalue weighted by Gasteiger charge is -2.17. The molecular weight excluding hydrogens is 270 g/mol. The van der Waals surface area contributed by atoms with E-state index in [1.807, 2.05) is 19.1 Å². The number of hydrogen-bond acceptors (Lipinski definition) is 3. The van der Waals surface area contributed by atoms with Crippen molar-refractivity contribution < 1.29 is 14.3 Å². The van der Waals surface area contributed by atoms with E-state index in [2.05, 4.69) is 10.6 Å². The summed E-state index contributed by atoms with van der Waals surface area (Å²) >= 11 is 0. The van der Waals surface area contributed by atoms with Crippen molar-refractivity contribution in [3.63, 3.8) is 0 Å². The van der Waals surface area contributed by atoms with E-state index >= 15 is 0 Å². The van der Waals surface area contributed by atoms with E-state index in [-0.39, 0.29) is 17.9 Å². The number of nitrogens with zero attached hydrogens (tertiary/aromatic N) is 1. The van der Waals surface area contributed by atoms with Gasteiger partial charge in [0.25, 0.3) is 0 Å². The normalized spacial score (nSPS) is 17.5. The predicted molar refractivity (Wildman–Crippen MR) is 80.5 cm³/mol. The lowest BCUT2D eigenvalue weighted by Crippen LogP contribution is -2.35. The summed E-state index contributed by atoms with van der Waals surface area (Å²) in [6.07, 6.45) is 0.699. The zero-order valence-electron chi connectivity index (χ0n) is 12.6. The monoisotopic (exact) mass is 291 g/mol. The molecule has 1 saturated heterocycles. The molecule has 2 N–H and O–H groups in total. The van der Waals surface area contributed by atoms with Crippen LogP contribution in [0.15, 0.2) is 18.2 Å². The first-order valence-electron chi connectivity index (χ1n) is 6.97. The molecule has 0 spiro atoms. The zero-order chi connectivity index (χ0) is 15.4. The molecule has 6 heteroatoms. The van der Waals surface area contributed by atoms with Crippen molar-refractivity contribution in [2.75, 3.05) is 32.6 Å². The number of urea groups is 1. The smallest absolute Gasteiger partial charge is 0.321 e. The standard InChI is InChI=1S/C15H21N3O3/c1-10-4-5-12(8-13(10)21-3)17-15(20)18-7-6-11(9-18)14(19)16-2/h4-5,8,11H,6-7,9H2,1-3H3,(H,16,19)(H,17,20)/t11-/m0/s1. The molecule has 1 aliphatic rings. The maximum Gasteiger partial charge on any atom is 0.321 e. The molecule has 1 atom stereocenters. The molecule has 1 aliphatic heterocycles. The van der Waals surface area contributed by atoms with E-state index in [0.29, 0.717) is 25.2 Å². The fourth-order valence-corrected chi connectivity index (χ4v) is 2.46. The SMILES string of the molecule is CNC(=O)[C@H]1CCN(C(=O)Nc2ccc(C)c(OC)c2)C1. The van der Waals surface area contributed by atoms with Gasteiger partial charge in [-0.15, -0.1) is 0 Å². The number of carbonyl (C=O) groups is 2. The molecule has 1 aromatic carbocycles. The quantitative estimate of drug-likeness (QED) is 0.888. The van der Waals surface area contributed by atoms with Crippen LogP contribution in [-0.4, -0.2) is 44.1 Å². The van der Waals surface area contributed by atoms with Crippen molar-refractivity contribution in [3.8, 4) is 5.75 Å². The summed E-state index contributed by atoms with van der Waals surface area (Å²) in [5.74, 6) is 0.605. The molecule has 6 nitrogen and oxygen atoms in total. The first-order chi connectivity index (χ1) is 10.0. The van der Waals surface area contributed by atoms with Crippen molar-refractivity contribution in [1.82, 2.24) is 10.2 Å². The highest BCUT2D eigenvalue weighted by molar-refractivity contribution is 5.90. The van der Waals surface area contributed by atoms with Crippen LogP contribution < -0.4 is 15.4 Å². The van der Waals surface area contributed by atoms with Gasteiger partial charge in [-0.2, -0.15) is 0 Å². The number of likely N-dealkylation sites (tertiary alicyclic amines) is 1. The maximum atomic E-state index is 12.2. The Balaban J connectivity index is 1.98. The number of nitrogens with one attached hydrogen (secondary N) is 2. The highest BCUT2D eigenvalue weighted by atomic mass is 16.5. The van der Waals surface area contributed by atoms with E-state index in [0.717, 1.165) is 11.3 Å². The van der Waals surface area contributed by atoms with Crippen molar-refractivity contribution in [1.29, 1.82) is 0 Å². The van der Waals surface area contributed by atoms with Gasteiger partial charge in [0.05, 0.1) is 13.0 Å². The first kappa shape index (κ1) is 15.2. The summed E-state index contributed by atoms with van der Waals surface area (Å²) in [5.41, 5.74) is 1.70. The van der Waals surface area contributed by atoms with Crippen LogP contribution in [0.25, 0.3) is 0 Å². The van der Waals surface area contributed by atoms with Crippen LogP contribution in [0.2, 0.25) is 0 Å². The van der Waals surface area contributed by atoms with Crippen molar-refractivity contribution in [2.45, 2.75) is 13.3 Å². The van der Waals surface area contributed by atoms with E-state index in [1.54, 1.807) is 25.1 Å². The van der Waals surface area contributed by atoms with Crippen LogP contribution in [-0.2, 0) is 4.79 Å². The third-order valence-corrected chi connectivity index (χ3v) is 3.75. The predicted octanol–water partition coefficient (Wildman–Crippen LogP) is 1.60. The zero-order valence-corrected chi connectivity index (χ0v) is 12.6. The Hall–Kier alpha value is -2.24. The number of anilines is 1. The van der Waals surface area contributed by atoms with Gasteiger partial charge >= 0.3 is 6.03 Å². The fourth-order valence-electron chi connectivity index (χ4n) is 2.46. The van der Waals surface area contributed by atoms with Crippen LogP contribution >= 0.6 is 0 Å². The number of carbonyl (C=O) groups excluding carboxylic acids is 2. The maximum absolute atomic E-state index is 12.2. The Kier molecular flexibility index (Phi) is 4.67. The van der Waals surface area contributed by atoms with E-state index < -0.39 is 0 Å². The van der Waals surface area contributed by atoms with Crippen molar-refractivity contribution >= 4 is 17.6 Å². The molecule has 3 amide bonds. The Morgan fingerprint density at radius 1 is 1.38 bits per heavy atom. The van der Waals surface area contributed by atoms with Crippen LogP contribution in [0.5, 0.6) is 5.75 Å². The molecule has 0 bridgehead atoms. The second-order valence-electron chi connectivity index (χ2n) is 5.16. The average molecular weight is 291 g/mol. The van der Waals surface area contributed by atoms with Gasteiger partial charge in [0.1, 0.15) is 5.75 Å². The van der Waals surface area contributed by atoms with Crippen molar-refractivity contribution in [3.05, 3.63) is 23.8 Å². The van der Waals surface area contributed by atoms with Crippen LogP contribution in [0.4, 0.5) is 10.5 Å². The third kappa shape index (κ3) is 3.45. The molecule has 1 aromatic rings. The summed E-state index contributed by atoms with van der Waals surface area (Å²) in [4.78, 5) is 25.4. The third-order valence-electron chi connectivity index (χ3n) is 3.75. The van der Waals surface area contributed by atoms with E-state index in [9.17, 15) is 9.59 Å². The molecule has 114 valence electrons. The number of benzene rings is 1. The highest BCUT2D eigenvalue weighted by Gasteiger charge is 2.30. The Morgan fingerprint density at radius 3 is 2.81 bits per heavy atom. The molecule has 2 rings (SSSR count). The average Bonchev–Trinajstić information content (AvgIpc) is 2.98. The minimum absolute atomic E-state index is 0.0118. The summed E-state index contributed by atoms with van der Waals surface area (Å²) in [7, 11) is 3.21. The minimum Gasteiger partial charge on any atom is -0.496 e. The molecular formula is C15H21N3O3. The van der Waals surface area contributed by atoms with Gasteiger partial charge in [0.2, 0.25) is 5.91 Å². The molecule has 21 heavy (non-hydrogen) atoms. The molecule has 0 unspecified atom stereocenters. The van der Waals surface area contributed by atoms with Crippen LogP contribution in [0.3, 0.4) is 0 Å². The molecule has 0 aromatic heterocycles. The van der Waals surface area contributed by atoms with Crippen LogP contribution in [0, 0.1) is 12.8 Å². The van der Waals surface area contributed by atoms with Gasteiger partial charge in [0, 0.05) is 31.9 Å². The Bertz CT molecular complexity index is 545. The largest absolute Gasteiger partial charge is 0.496 e. The van der Waals surface area contributed by atoms with Gasteiger partial charge < -0.3 is 20.3 Å². The number of hydrogen-bond donors (Lipinski definition) is 2. The van der Waals surface area contributed by atoms with E-state index in [1.165, 1.54) is 0 Å². The summed E-state index contributed by atoms with van der Waals surface area (Å²) < 4.78 is 5.24. The van der Waals surface area contributed by atoms with Gasteiger partial charge in [-0.3, -0.25) is 4.79 Å². The second kappa shape index (κ2) is 6.47. The number of rotatable bonds is 3. The van der Waals surface area contributed by atoms with Crippen LogP contribution in [0.1, 0.15) is 12.0 Å². The topological polar surface area (TPSA) is 70.7 Å². The lowest BCUT2D eigenvalue weighted by atomic mass is 10.1. The minimum atomic E-state index is -0.188. The molecule has 1 fully saturated rings.